The molecular formula is C13H17N3S. The van der Waals surface area contributed by atoms with Gasteiger partial charge in [0.15, 0.2) is 0 Å². The van der Waals surface area contributed by atoms with Gasteiger partial charge in [-0.05, 0) is 31.4 Å². The third-order valence-corrected chi connectivity index (χ3v) is 3.71. The smallest absolute Gasteiger partial charge is 0.204 e. The molecule has 0 amide bonds. The normalized spacial score (nSPS) is 12.4. The van der Waals surface area contributed by atoms with Gasteiger partial charge in [-0.15, -0.1) is 0 Å². The van der Waals surface area contributed by atoms with Gasteiger partial charge >= 0.3 is 0 Å². The van der Waals surface area contributed by atoms with E-state index in [1.165, 1.54) is 10.3 Å². The molecule has 0 bridgehead atoms. The number of aryl methyl sites for hydroxylation is 1. The molecule has 1 aromatic heterocycles. The van der Waals surface area contributed by atoms with Gasteiger partial charge in [-0.2, -0.15) is 5.10 Å². The van der Waals surface area contributed by atoms with Crippen molar-refractivity contribution in [3.63, 3.8) is 0 Å². The van der Waals surface area contributed by atoms with Crippen LogP contribution in [0.4, 0.5) is 5.13 Å². The third-order valence-electron chi connectivity index (χ3n) is 2.78. The molecule has 0 atom stereocenters. The molecule has 0 saturated carbocycles. The molecule has 1 N–H and O–H groups in total. The highest BCUT2D eigenvalue weighted by molar-refractivity contribution is 7.22. The van der Waals surface area contributed by atoms with Gasteiger partial charge in [0.2, 0.25) is 5.13 Å². The summed E-state index contributed by atoms with van der Waals surface area (Å²) in [7, 11) is 0. The predicted molar refractivity (Wildman–Crippen MR) is 75.9 cm³/mol. The van der Waals surface area contributed by atoms with Crippen LogP contribution in [-0.4, -0.2) is 10.7 Å². The monoisotopic (exact) mass is 247 g/mol. The molecule has 0 aliphatic carbocycles. The van der Waals surface area contributed by atoms with Crippen LogP contribution in [0.1, 0.15) is 26.3 Å². The molecule has 0 spiro atoms. The zero-order valence-electron chi connectivity index (χ0n) is 10.6. The molecule has 0 radical (unpaired) electrons. The molecule has 0 fully saturated rings. The lowest BCUT2D eigenvalue weighted by Gasteiger charge is -2.02. The molecule has 1 heterocycles. The Morgan fingerprint density at radius 2 is 2.18 bits per heavy atom. The van der Waals surface area contributed by atoms with E-state index < -0.39 is 0 Å². The van der Waals surface area contributed by atoms with Crippen LogP contribution in [0.3, 0.4) is 0 Å². The number of nitrogens with one attached hydrogen (secondary N) is 1. The zero-order valence-corrected chi connectivity index (χ0v) is 11.4. The van der Waals surface area contributed by atoms with E-state index in [4.69, 9.17) is 0 Å². The number of nitrogens with zero attached hydrogens (tertiary/aromatic N) is 2. The van der Waals surface area contributed by atoms with Crippen LogP contribution < -0.4 is 5.43 Å². The number of para-hydroxylation sites is 1. The summed E-state index contributed by atoms with van der Waals surface area (Å²) in [6, 6.07) is 6.22. The highest BCUT2D eigenvalue weighted by atomic mass is 32.1. The van der Waals surface area contributed by atoms with E-state index in [0.717, 1.165) is 16.4 Å². The summed E-state index contributed by atoms with van der Waals surface area (Å²) >= 11 is 1.64. The number of anilines is 1. The van der Waals surface area contributed by atoms with Crippen molar-refractivity contribution in [2.24, 2.45) is 11.0 Å². The third kappa shape index (κ3) is 2.64. The van der Waals surface area contributed by atoms with E-state index >= 15 is 0 Å². The van der Waals surface area contributed by atoms with Gasteiger partial charge in [0, 0.05) is 5.71 Å². The van der Waals surface area contributed by atoms with Crippen LogP contribution in [0, 0.1) is 12.8 Å². The van der Waals surface area contributed by atoms with Gasteiger partial charge in [-0.1, -0.05) is 37.3 Å². The van der Waals surface area contributed by atoms with Crippen molar-refractivity contribution in [1.29, 1.82) is 0 Å². The first-order valence-electron chi connectivity index (χ1n) is 5.74. The largest absolute Gasteiger partial charge is 0.253 e. The predicted octanol–water partition coefficient (Wildman–Crippen LogP) is 4.05. The number of hydrogen-bond donors (Lipinski definition) is 1. The van der Waals surface area contributed by atoms with Gasteiger partial charge in [0.25, 0.3) is 0 Å². The number of hydrazone groups is 1. The van der Waals surface area contributed by atoms with E-state index in [9.17, 15) is 0 Å². The highest BCUT2D eigenvalue weighted by Crippen LogP contribution is 2.27. The molecule has 4 heteroatoms. The maximum atomic E-state index is 4.54. The molecule has 17 heavy (non-hydrogen) atoms. The Hall–Kier alpha value is -1.42. The summed E-state index contributed by atoms with van der Waals surface area (Å²) in [4.78, 5) is 4.54. The summed E-state index contributed by atoms with van der Waals surface area (Å²) in [5.74, 6) is 0.457. The summed E-state index contributed by atoms with van der Waals surface area (Å²) in [6.07, 6.45) is 0. The molecule has 0 aliphatic heterocycles. The lowest BCUT2D eigenvalue weighted by molar-refractivity contribution is 0.874. The number of rotatable bonds is 3. The van der Waals surface area contributed by atoms with Crippen molar-refractivity contribution < 1.29 is 0 Å². The SMILES string of the molecule is C/C(=N/Nc1nc2c(C)cccc2s1)C(C)C. The minimum absolute atomic E-state index is 0.457. The summed E-state index contributed by atoms with van der Waals surface area (Å²) < 4.78 is 1.20. The maximum absolute atomic E-state index is 4.54. The van der Waals surface area contributed by atoms with E-state index in [-0.39, 0.29) is 0 Å². The van der Waals surface area contributed by atoms with Crippen LogP contribution in [0.2, 0.25) is 0 Å². The minimum atomic E-state index is 0.457. The van der Waals surface area contributed by atoms with E-state index in [1.807, 2.05) is 6.92 Å². The Labute approximate surface area is 106 Å². The molecule has 0 aliphatic rings. The molecule has 2 aromatic rings. The fourth-order valence-corrected chi connectivity index (χ4v) is 2.29. The van der Waals surface area contributed by atoms with Crippen LogP contribution in [-0.2, 0) is 0 Å². The number of fused-ring (bicyclic) bond motifs is 1. The standard InChI is InChI=1S/C13H17N3S/c1-8(2)10(4)15-16-13-14-12-9(3)6-5-7-11(12)17-13/h5-8H,1-4H3,(H,14,16)/b15-10-. The van der Waals surface area contributed by atoms with Crippen molar-refractivity contribution in [1.82, 2.24) is 4.98 Å². The van der Waals surface area contributed by atoms with Gasteiger partial charge < -0.3 is 0 Å². The first-order chi connectivity index (χ1) is 8.08. The summed E-state index contributed by atoms with van der Waals surface area (Å²) in [5.41, 5.74) is 6.39. The van der Waals surface area contributed by atoms with Gasteiger partial charge in [-0.25, -0.2) is 4.98 Å². The highest BCUT2D eigenvalue weighted by Gasteiger charge is 2.05. The zero-order chi connectivity index (χ0) is 12.4. The first-order valence-corrected chi connectivity index (χ1v) is 6.56. The molecule has 0 unspecified atom stereocenters. The topological polar surface area (TPSA) is 37.3 Å². The van der Waals surface area contributed by atoms with E-state index in [1.54, 1.807) is 11.3 Å². The number of benzene rings is 1. The fraction of sp³-hybridized carbons (Fsp3) is 0.385. The lowest BCUT2D eigenvalue weighted by Crippen LogP contribution is -2.04. The first kappa shape index (κ1) is 12.0. The van der Waals surface area contributed by atoms with Crippen molar-refractivity contribution in [3.05, 3.63) is 23.8 Å². The number of hydrogen-bond acceptors (Lipinski definition) is 4. The van der Waals surface area contributed by atoms with Crippen LogP contribution in [0.5, 0.6) is 0 Å². The second kappa shape index (κ2) is 4.84. The Morgan fingerprint density at radius 1 is 1.41 bits per heavy atom. The van der Waals surface area contributed by atoms with Crippen molar-refractivity contribution in [2.75, 3.05) is 5.43 Å². The average Bonchev–Trinajstić information content (AvgIpc) is 2.70. The Morgan fingerprint density at radius 3 is 2.82 bits per heavy atom. The quantitative estimate of drug-likeness (QED) is 0.656. The van der Waals surface area contributed by atoms with Crippen molar-refractivity contribution in [3.8, 4) is 0 Å². The van der Waals surface area contributed by atoms with Crippen molar-refractivity contribution >= 4 is 32.4 Å². The second-order valence-electron chi connectivity index (χ2n) is 4.46. The Bertz CT molecular complexity index is 555. The molecule has 90 valence electrons. The molecule has 0 saturated heterocycles. The Balaban J connectivity index is 2.26. The van der Waals surface area contributed by atoms with E-state index in [0.29, 0.717) is 5.92 Å². The Kier molecular flexibility index (Phi) is 3.43. The molecule has 2 rings (SSSR count). The fourth-order valence-electron chi connectivity index (χ4n) is 1.40. The van der Waals surface area contributed by atoms with Gasteiger partial charge in [-0.3, -0.25) is 5.43 Å². The second-order valence-corrected chi connectivity index (χ2v) is 5.49. The van der Waals surface area contributed by atoms with Crippen molar-refractivity contribution in [2.45, 2.75) is 27.7 Å². The van der Waals surface area contributed by atoms with E-state index in [2.05, 4.69) is 54.5 Å². The number of thiazole rings is 1. The van der Waals surface area contributed by atoms with Crippen LogP contribution in [0.15, 0.2) is 23.3 Å². The van der Waals surface area contributed by atoms with Gasteiger partial charge in [0.05, 0.1) is 10.2 Å². The van der Waals surface area contributed by atoms with Crippen LogP contribution in [0.25, 0.3) is 10.2 Å². The molecule has 1 aromatic carbocycles. The van der Waals surface area contributed by atoms with Crippen LogP contribution >= 0.6 is 11.3 Å². The summed E-state index contributed by atoms with van der Waals surface area (Å²) in [6.45, 7) is 8.36. The maximum Gasteiger partial charge on any atom is 0.204 e. The average molecular weight is 247 g/mol. The number of aromatic nitrogens is 1. The molecular weight excluding hydrogens is 230 g/mol. The van der Waals surface area contributed by atoms with Gasteiger partial charge in [0.1, 0.15) is 0 Å². The summed E-state index contributed by atoms with van der Waals surface area (Å²) in [5, 5.41) is 5.19. The minimum Gasteiger partial charge on any atom is -0.253 e. The molecule has 3 nitrogen and oxygen atoms in total. The lowest BCUT2D eigenvalue weighted by atomic mass is 10.1.